The SMILES string of the molecule is CC1CCCC(CN)(N2CCN(C3CCCC3)CC2)CC1. The molecular formula is C18H35N3. The van der Waals surface area contributed by atoms with Crippen LogP contribution >= 0.6 is 0 Å². The van der Waals surface area contributed by atoms with Crippen LogP contribution in [0.25, 0.3) is 0 Å². The molecule has 1 aliphatic heterocycles. The zero-order chi connectivity index (χ0) is 14.7. The zero-order valence-corrected chi connectivity index (χ0v) is 14.0. The molecule has 2 atom stereocenters. The van der Waals surface area contributed by atoms with Gasteiger partial charge < -0.3 is 5.73 Å². The monoisotopic (exact) mass is 293 g/mol. The molecule has 3 fully saturated rings. The molecule has 1 heterocycles. The van der Waals surface area contributed by atoms with Gasteiger partial charge in [0.2, 0.25) is 0 Å². The lowest BCUT2D eigenvalue weighted by molar-refractivity contribution is 0.0128. The number of hydrogen-bond acceptors (Lipinski definition) is 3. The van der Waals surface area contributed by atoms with Crippen LogP contribution in [0.1, 0.15) is 64.7 Å². The average molecular weight is 293 g/mol. The molecule has 0 aromatic rings. The molecule has 2 unspecified atom stereocenters. The minimum atomic E-state index is 0.326. The first-order valence-corrected chi connectivity index (χ1v) is 9.43. The first-order chi connectivity index (χ1) is 10.2. The van der Waals surface area contributed by atoms with Gasteiger partial charge in [-0.05, 0) is 38.0 Å². The van der Waals surface area contributed by atoms with E-state index >= 15 is 0 Å². The fourth-order valence-electron chi connectivity index (χ4n) is 5.04. The van der Waals surface area contributed by atoms with Gasteiger partial charge in [0.15, 0.2) is 0 Å². The molecular weight excluding hydrogens is 258 g/mol. The summed E-state index contributed by atoms with van der Waals surface area (Å²) in [6.45, 7) is 8.35. The van der Waals surface area contributed by atoms with Crippen molar-refractivity contribution in [2.45, 2.75) is 76.3 Å². The normalized spacial score (nSPS) is 37.7. The van der Waals surface area contributed by atoms with Crippen LogP contribution in [0, 0.1) is 5.92 Å². The van der Waals surface area contributed by atoms with Gasteiger partial charge in [-0.25, -0.2) is 0 Å². The van der Waals surface area contributed by atoms with E-state index in [9.17, 15) is 0 Å². The summed E-state index contributed by atoms with van der Waals surface area (Å²) in [5.74, 6) is 0.901. The maximum absolute atomic E-state index is 6.29. The lowest BCUT2D eigenvalue weighted by Crippen LogP contribution is -2.61. The third-order valence-corrected chi connectivity index (χ3v) is 6.65. The Morgan fingerprint density at radius 3 is 2.29 bits per heavy atom. The van der Waals surface area contributed by atoms with Crippen LogP contribution in [0.5, 0.6) is 0 Å². The third kappa shape index (κ3) is 3.46. The third-order valence-electron chi connectivity index (χ3n) is 6.65. The smallest absolute Gasteiger partial charge is 0.0332 e. The highest BCUT2D eigenvalue weighted by molar-refractivity contribution is 4.96. The Labute approximate surface area is 131 Å². The number of hydrogen-bond donors (Lipinski definition) is 1. The summed E-state index contributed by atoms with van der Waals surface area (Å²) in [6, 6.07) is 0.898. The molecule has 21 heavy (non-hydrogen) atoms. The lowest BCUT2D eigenvalue weighted by Gasteiger charge is -2.48. The predicted octanol–water partition coefficient (Wildman–Crippen LogP) is 2.84. The van der Waals surface area contributed by atoms with Crippen LogP contribution in [0.3, 0.4) is 0 Å². The van der Waals surface area contributed by atoms with Crippen molar-refractivity contribution in [3.63, 3.8) is 0 Å². The molecule has 3 rings (SSSR count). The van der Waals surface area contributed by atoms with E-state index in [1.807, 2.05) is 0 Å². The molecule has 2 N–H and O–H groups in total. The van der Waals surface area contributed by atoms with Crippen molar-refractivity contribution in [2.24, 2.45) is 11.7 Å². The summed E-state index contributed by atoms with van der Waals surface area (Å²) in [5.41, 5.74) is 6.61. The van der Waals surface area contributed by atoms with Gasteiger partial charge >= 0.3 is 0 Å². The van der Waals surface area contributed by atoms with Crippen molar-refractivity contribution in [2.75, 3.05) is 32.7 Å². The highest BCUT2D eigenvalue weighted by Gasteiger charge is 2.39. The summed E-state index contributed by atoms with van der Waals surface area (Å²) in [4.78, 5) is 5.55. The van der Waals surface area contributed by atoms with Crippen molar-refractivity contribution in [1.82, 2.24) is 9.80 Å². The van der Waals surface area contributed by atoms with Crippen LogP contribution in [0.4, 0.5) is 0 Å². The maximum Gasteiger partial charge on any atom is 0.0332 e. The zero-order valence-electron chi connectivity index (χ0n) is 14.0. The van der Waals surface area contributed by atoms with E-state index in [-0.39, 0.29) is 0 Å². The van der Waals surface area contributed by atoms with E-state index in [4.69, 9.17) is 5.73 Å². The maximum atomic E-state index is 6.29. The summed E-state index contributed by atoms with van der Waals surface area (Å²) in [5, 5.41) is 0. The van der Waals surface area contributed by atoms with E-state index in [1.165, 1.54) is 84.0 Å². The molecule has 122 valence electrons. The van der Waals surface area contributed by atoms with Gasteiger partial charge in [0.25, 0.3) is 0 Å². The Kier molecular flexibility index (Phi) is 5.23. The summed E-state index contributed by atoms with van der Waals surface area (Å²) < 4.78 is 0. The number of nitrogens with two attached hydrogens (primary N) is 1. The van der Waals surface area contributed by atoms with Gasteiger partial charge in [-0.2, -0.15) is 0 Å². The first kappa shape index (κ1) is 15.8. The van der Waals surface area contributed by atoms with Gasteiger partial charge in [0.1, 0.15) is 0 Å². The molecule has 3 nitrogen and oxygen atoms in total. The quantitative estimate of drug-likeness (QED) is 0.812. The highest BCUT2D eigenvalue weighted by Crippen LogP contribution is 2.35. The number of piperazine rings is 1. The molecule has 0 amide bonds. The Morgan fingerprint density at radius 1 is 0.905 bits per heavy atom. The van der Waals surface area contributed by atoms with Crippen LogP contribution < -0.4 is 5.73 Å². The van der Waals surface area contributed by atoms with Crippen LogP contribution in [-0.2, 0) is 0 Å². The second-order valence-electron chi connectivity index (χ2n) is 7.93. The van der Waals surface area contributed by atoms with Crippen molar-refractivity contribution in [3.8, 4) is 0 Å². The van der Waals surface area contributed by atoms with Crippen LogP contribution in [0.15, 0.2) is 0 Å². The molecule has 0 radical (unpaired) electrons. The Morgan fingerprint density at radius 2 is 1.62 bits per heavy atom. The van der Waals surface area contributed by atoms with E-state index in [1.54, 1.807) is 0 Å². The van der Waals surface area contributed by atoms with Crippen molar-refractivity contribution in [3.05, 3.63) is 0 Å². The minimum Gasteiger partial charge on any atom is -0.329 e. The largest absolute Gasteiger partial charge is 0.329 e. The standard InChI is InChI=1S/C18H35N3/c1-16-5-4-9-18(15-19,10-8-16)21-13-11-20(12-14-21)17-6-2-3-7-17/h16-17H,2-15,19H2,1H3. The molecule has 1 saturated heterocycles. The Hall–Kier alpha value is -0.120. The summed E-state index contributed by atoms with van der Waals surface area (Å²) in [6.07, 6.45) is 12.6. The minimum absolute atomic E-state index is 0.326. The highest BCUT2D eigenvalue weighted by atomic mass is 15.3. The van der Waals surface area contributed by atoms with Crippen molar-refractivity contribution in [1.29, 1.82) is 0 Å². The van der Waals surface area contributed by atoms with Crippen molar-refractivity contribution < 1.29 is 0 Å². The molecule has 0 spiro atoms. The molecule has 2 aliphatic carbocycles. The van der Waals surface area contributed by atoms with Gasteiger partial charge in [0.05, 0.1) is 0 Å². The topological polar surface area (TPSA) is 32.5 Å². The molecule has 3 aliphatic rings. The summed E-state index contributed by atoms with van der Waals surface area (Å²) >= 11 is 0. The van der Waals surface area contributed by atoms with E-state index in [0.717, 1.165) is 18.5 Å². The average Bonchev–Trinajstić information content (AvgIpc) is 2.98. The molecule has 0 aromatic heterocycles. The second kappa shape index (κ2) is 6.97. The first-order valence-electron chi connectivity index (χ1n) is 9.43. The van der Waals surface area contributed by atoms with Gasteiger partial charge in [-0.15, -0.1) is 0 Å². The van der Waals surface area contributed by atoms with E-state index in [0.29, 0.717) is 5.54 Å². The van der Waals surface area contributed by atoms with Crippen LogP contribution in [-0.4, -0.2) is 54.1 Å². The fourth-order valence-corrected chi connectivity index (χ4v) is 5.04. The molecule has 3 heteroatoms. The second-order valence-corrected chi connectivity index (χ2v) is 7.93. The molecule has 0 bridgehead atoms. The predicted molar refractivity (Wildman–Crippen MR) is 89.4 cm³/mol. The number of nitrogens with zero attached hydrogens (tertiary/aromatic N) is 2. The van der Waals surface area contributed by atoms with E-state index in [2.05, 4.69) is 16.7 Å². The lowest BCUT2D eigenvalue weighted by atomic mass is 9.87. The van der Waals surface area contributed by atoms with E-state index < -0.39 is 0 Å². The van der Waals surface area contributed by atoms with Crippen molar-refractivity contribution >= 4 is 0 Å². The number of rotatable bonds is 3. The molecule has 2 saturated carbocycles. The molecule has 0 aromatic carbocycles. The van der Waals surface area contributed by atoms with Gasteiger partial charge in [0, 0.05) is 44.3 Å². The fraction of sp³-hybridized carbons (Fsp3) is 1.00. The van der Waals surface area contributed by atoms with Gasteiger partial charge in [-0.3, -0.25) is 9.80 Å². The Bertz CT molecular complexity index is 318. The van der Waals surface area contributed by atoms with Crippen LogP contribution in [0.2, 0.25) is 0 Å². The summed E-state index contributed by atoms with van der Waals surface area (Å²) in [7, 11) is 0. The van der Waals surface area contributed by atoms with Gasteiger partial charge in [-0.1, -0.05) is 32.6 Å². The Balaban J connectivity index is 1.58.